The van der Waals surface area contributed by atoms with Crippen molar-refractivity contribution in [2.24, 2.45) is 11.7 Å². The monoisotopic (exact) mass is 327 g/mol. The third-order valence-corrected chi connectivity index (χ3v) is 3.70. The molecule has 3 N–H and O–H groups in total. The lowest BCUT2D eigenvalue weighted by molar-refractivity contribution is -0.122. The van der Waals surface area contributed by atoms with Gasteiger partial charge in [0.05, 0.1) is 6.04 Å². The van der Waals surface area contributed by atoms with Crippen LogP contribution in [-0.2, 0) is 4.79 Å². The molecule has 0 saturated carbocycles. The second kappa shape index (κ2) is 11.6. The minimum Gasteiger partial charge on any atom is -0.353 e. The van der Waals surface area contributed by atoms with Crippen LogP contribution < -0.4 is 11.1 Å². The molecule has 6 heteroatoms. The number of hydrogen-bond acceptors (Lipinski definition) is 3. The number of rotatable bonds is 6. The van der Waals surface area contributed by atoms with Crippen molar-refractivity contribution in [3.63, 3.8) is 0 Å². The van der Waals surface area contributed by atoms with Gasteiger partial charge in [-0.1, -0.05) is 20.3 Å². The van der Waals surface area contributed by atoms with Crippen LogP contribution in [0.15, 0.2) is 0 Å². The number of halogens is 2. The summed E-state index contributed by atoms with van der Waals surface area (Å²) in [7, 11) is 0. The number of carbonyl (C=O) groups is 1. The van der Waals surface area contributed by atoms with Gasteiger partial charge >= 0.3 is 0 Å². The zero-order valence-electron chi connectivity index (χ0n) is 12.9. The third kappa shape index (κ3) is 8.30. The molecule has 1 unspecified atom stereocenters. The summed E-state index contributed by atoms with van der Waals surface area (Å²) in [5.41, 5.74) is 5.84. The summed E-state index contributed by atoms with van der Waals surface area (Å²) in [6, 6.07) is 0.295. The molecule has 1 saturated heterocycles. The van der Waals surface area contributed by atoms with Crippen LogP contribution in [0.4, 0.5) is 0 Å². The average Bonchev–Trinajstić information content (AvgIpc) is 2.30. The van der Waals surface area contributed by atoms with Crippen LogP contribution in [0.25, 0.3) is 0 Å². The molecule has 1 rings (SSSR count). The number of piperidine rings is 1. The van der Waals surface area contributed by atoms with Crippen LogP contribution in [0.5, 0.6) is 0 Å². The highest BCUT2D eigenvalue weighted by molar-refractivity contribution is 5.85. The van der Waals surface area contributed by atoms with E-state index in [9.17, 15) is 4.79 Å². The van der Waals surface area contributed by atoms with Gasteiger partial charge in [0.15, 0.2) is 0 Å². The van der Waals surface area contributed by atoms with Crippen LogP contribution in [-0.4, -0.2) is 42.5 Å². The second-order valence-electron chi connectivity index (χ2n) is 5.91. The maximum Gasteiger partial charge on any atom is 0.236 e. The molecule has 0 aromatic carbocycles. The molecule has 0 aromatic rings. The van der Waals surface area contributed by atoms with E-state index >= 15 is 0 Å². The minimum atomic E-state index is -0.358. The second-order valence-corrected chi connectivity index (χ2v) is 5.91. The van der Waals surface area contributed by atoms with E-state index in [2.05, 4.69) is 31.0 Å². The topological polar surface area (TPSA) is 58.4 Å². The fraction of sp³-hybridized carbons (Fsp3) is 0.929. The van der Waals surface area contributed by atoms with Gasteiger partial charge in [0, 0.05) is 19.1 Å². The normalized spacial score (nSPS) is 20.8. The van der Waals surface area contributed by atoms with Crippen LogP contribution in [0, 0.1) is 5.92 Å². The van der Waals surface area contributed by atoms with E-state index in [0.29, 0.717) is 12.0 Å². The summed E-state index contributed by atoms with van der Waals surface area (Å²) in [6.07, 6.45) is 4.65. The van der Waals surface area contributed by atoms with Gasteiger partial charge in [-0.25, -0.2) is 0 Å². The molecule has 1 amide bonds. The number of amides is 1. The molecule has 0 aliphatic carbocycles. The number of hydrogen-bond donors (Lipinski definition) is 2. The Kier molecular flexibility index (Phi) is 12.9. The quantitative estimate of drug-likeness (QED) is 0.786. The Hall–Kier alpha value is -0.0300. The molecule has 4 nitrogen and oxygen atoms in total. The predicted molar refractivity (Wildman–Crippen MR) is 89.8 cm³/mol. The van der Waals surface area contributed by atoms with E-state index in [4.69, 9.17) is 5.73 Å². The predicted octanol–water partition coefficient (Wildman–Crippen LogP) is 2.19. The summed E-state index contributed by atoms with van der Waals surface area (Å²) in [6.45, 7) is 9.27. The Morgan fingerprint density at radius 1 is 1.35 bits per heavy atom. The number of carbonyl (C=O) groups excluding carboxylic acids is 1. The largest absolute Gasteiger partial charge is 0.353 e. The third-order valence-electron chi connectivity index (χ3n) is 3.70. The lowest BCUT2D eigenvalue weighted by Gasteiger charge is -2.33. The van der Waals surface area contributed by atoms with Crippen molar-refractivity contribution in [3.05, 3.63) is 0 Å². The summed E-state index contributed by atoms with van der Waals surface area (Å²) >= 11 is 0. The summed E-state index contributed by atoms with van der Waals surface area (Å²) < 4.78 is 0. The van der Waals surface area contributed by atoms with E-state index in [0.717, 1.165) is 26.1 Å². The van der Waals surface area contributed by atoms with Crippen LogP contribution in [0.2, 0.25) is 0 Å². The Labute approximate surface area is 136 Å². The number of nitrogens with two attached hydrogens (primary N) is 1. The number of likely N-dealkylation sites (tertiary alicyclic amines) is 1. The van der Waals surface area contributed by atoms with Gasteiger partial charge in [0.25, 0.3) is 0 Å². The lowest BCUT2D eigenvalue weighted by Crippen LogP contribution is -2.46. The van der Waals surface area contributed by atoms with Crippen LogP contribution in [0.1, 0.15) is 46.5 Å². The maximum atomic E-state index is 11.7. The van der Waals surface area contributed by atoms with E-state index in [1.165, 1.54) is 19.3 Å². The Morgan fingerprint density at radius 3 is 2.55 bits per heavy atom. The molecular formula is C14H31Cl2N3O. The van der Waals surface area contributed by atoms with Gasteiger partial charge in [-0.3, -0.25) is 9.69 Å². The summed E-state index contributed by atoms with van der Waals surface area (Å²) in [4.78, 5) is 14.2. The Balaban J connectivity index is 0. The first-order valence-electron chi connectivity index (χ1n) is 7.28. The fourth-order valence-corrected chi connectivity index (χ4v) is 2.56. The van der Waals surface area contributed by atoms with Crippen molar-refractivity contribution in [3.8, 4) is 0 Å². The van der Waals surface area contributed by atoms with Crippen LogP contribution in [0.3, 0.4) is 0 Å². The zero-order chi connectivity index (χ0) is 13.5. The zero-order valence-corrected chi connectivity index (χ0v) is 14.6. The van der Waals surface area contributed by atoms with Crippen molar-refractivity contribution in [2.45, 2.75) is 58.5 Å². The Morgan fingerprint density at radius 2 is 2.00 bits per heavy atom. The molecule has 0 spiro atoms. The smallest absolute Gasteiger partial charge is 0.236 e. The summed E-state index contributed by atoms with van der Waals surface area (Å²) in [5.74, 6) is 0.459. The van der Waals surface area contributed by atoms with Gasteiger partial charge in [-0.05, 0) is 38.6 Å². The highest BCUT2D eigenvalue weighted by atomic mass is 35.5. The van der Waals surface area contributed by atoms with Gasteiger partial charge < -0.3 is 11.1 Å². The maximum absolute atomic E-state index is 11.7. The first-order chi connectivity index (χ1) is 8.50. The standard InChI is InChI=1S/C14H29N3O.2ClH/c1-11(2)10-13(15)14(18)16-7-9-17-8-5-4-6-12(17)3;;/h11-13H,4-10,15H2,1-3H3,(H,16,18);2*1H/t12?,13-;;/m0../s1. The van der Waals surface area contributed by atoms with Crippen molar-refractivity contribution in [1.82, 2.24) is 10.2 Å². The van der Waals surface area contributed by atoms with Crippen molar-refractivity contribution in [1.29, 1.82) is 0 Å². The molecule has 0 radical (unpaired) electrons. The van der Waals surface area contributed by atoms with E-state index in [1.54, 1.807) is 0 Å². The molecule has 0 aromatic heterocycles. The lowest BCUT2D eigenvalue weighted by atomic mass is 10.0. The highest BCUT2D eigenvalue weighted by Gasteiger charge is 2.18. The highest BCUT2D eigenvalue weighted by Crippen LogP contribution is 2.15. The van der Waals surface area contributed by atoms with E-state index < -0.39 is 0 Å². The number of nitrogens with zero attached hydrogens (tertiary/aromatic N) is 1. The van der Waals surface area contributed by atoms with E-state index in [1.807, 2.05) is 0 Å². The molecule has 2 atom stereocenters. The molecule has 122 valence electrons. The Bertz CT molecular complexity index is 265. The molecule has 1 heterocycles. The van der Waals surface area contributed by atoms with Crippen LogP contribution >= 0.6 is 24.8 Å². The van der Waals surface area contributed by atoms with E-state index in [-0.39, 0.29) is 36.8 Å². The first kappa shape index (κ1) is 22.3. The molecule has 0 bridgehead atoms. The SMILES string of the molecule is CC(C)C[C@H](N)C(=O)NCCN1CCCCC1C.Cl.Cl. The van der Waals surface area contributed by atoms with Gasteiger partial charge in [0.2, 0.25) is 5.91 Å². The fourth-order valence-electron chi connectivity index (χ4n) is 2.56. The van der Waals surface area contributed by atoms with Crippen molar-refractivity contribution < 1.29 is 4.79 Å². The molecule has 1 aliphatic rings. The summed E-state index contributed by atoms with van der Waals surface area (Å²) in [5, 5.41) is 2.95. The molecule has 20 heavy (non-hydrogen) atoms. The first-order valence-corrected chi connectivity index (χ1v) is 7.28. The average molecular weight is 328 g/mol. The molecule has 1 fully saturated rings. The number of nitrogens with one attached hydrogen (secondary N) is 1. The van der Waals surface area contributed by atoms with Gasteiger partial charge in [-0.15, -0.1) is 24.8 Å². The molecule has 1 aliphatic heterocycles. The minimum absolute atomic E-state index is 0. The van der Waals surface area contributed by atoms with Crippen molar-refractivity contribution >= 4 is 30.7 Å². The van der Waals surface area contributed by atoms with Gasteiger partial charge in [-0.2, -0.15) is 0 Å². The van der Waals surface area contributed by atoms with Gasteiger partial charge in [0.1, 0.15) is 0 Å². The molecular weight excluding hydrogens is 297 g/mol. The van der Waals surface area contributed by atoms with Crippen molar-refractivity contribution in [2.75, 3.05) is 19.6 Å².